The summed E-state index contributed by atoms with van der Waals surface area (Å²) in [7, 11) is 2.16. The standard InChI is InChI=1S/C18H25N5O/c1-23-11-8-13(9-12-23)24-16-7-3-2-5-14(16)17-20-18(22-21-17)15-6-4-10-19-15/h2-3,5,7,13,15,19H,4,6,8-12H2,1H3,(H,20,21,22). The number of aromatic nitrogens is 3. The predicted molar refractivity (Wildman–Crippen MR) is 92.9 cm³/mol. The van der Waals surface area contributed by atoms with Crippen LogP contribution >= 0.6 is 0 Å². The molecule has 2 aromatic rings. The van der Waals surface area contributed by atoms with Crippen LogP contribution in [0.2, 0.25) is 0 Å². The van der Waals surface area contributed by atoms with E-state index in [2.05, 4.69) is 27.5 Å². The highest BCUT2D eigenvalue weighted by Crippen LogP contribution is 2.30. The van der Waals surface area contributed by atoms with Gasteiger partial charge in [-0.2, -0.15) is 5.10 Å². The van der Waals surface area contributed by atoms with Crippen LogP contribution in [0.15, 0.2) is 24.3 Å². The van der Waals surface area contributed by atoms with Crippen molar-refractivity contribution in [3.8, 4) is 17.1 Å². The van der Waals surface area contributed by atoms with Gasteiger partial charge in [-0.1, -0.05) is 12.1 Å². The van der Waals surface area contributed by atoms with Crippen LogP contribution in [-0.4, -0.2) is 52.9 Å². The Kier molecular flexibility index (Phi) is 4.49. The van der Waals surface area contributed by atoms with E-state index in [1.165, 1.54) is 6.42 Å². The minimum atomic E-state index is 0.275. The van der Waals surface area contributed by atoms with Gasteiger partial charge in [0, 0.05) is 13.1 Å². The molecule has 2 fully saturated rings. The van der Waals surface area contributed by atoms with Crippen molar-refractivity contribution in [2.75, 3.05) is 26.7 Å². The maximum Gasteiger partial charge on any atom is 0.184 e. The lowest BCUT2D eigenvalue weighted by atomic mass is 10.1. The molecule has 3 heterocycles. The molecule has 1 atom stereocenters. The first-order valence-corrected chi connectivity index (χ1v) is 8.90. The molecule has 128 valence electrons. The van der Waals surface area contributed by atoms with Gasteiger partial charge in [0.05, 0.1) is 11.6 Å². The van der Waals surface area contributed by atoms with Crippen LogP contribution in [-0.2, 0) is 0 Å². The van der Waals surface area contributed by atoms with Gasteiger partial charge in [-0.25, -0.2) is 4.98 Å². The zero-order valence-corrected chi connectivity index (χ0v) is 14.2. The SMILES string of the molecule is CN1CCC(Oc2ccccc2-c2n[nH]c(C3CCCN3)n2)CC1. The van der Waals surface area contributed by atoms with Crippen molar-refractivity contribution >= 4 is 0 Å². The van der Waals surface area contributed by atoms with Gasteiger partial charge in [-0.05, 0) is 51.4 Å². The van der Waals surface area contributed by atoms with E-state index in [-0.39, 0.29) is 6.10 Å². The van der Waals surface area contributed by atoms with Gasteiger partial charge in [0.2, 0.25) is 0 Å². The highest BCUT2D eigenvalue weighted by Gasteiger charge is 2.23. The molecule has 2 N–H and O–H groups in total. The zero-order valence-electron chi connectivity index (χ0n) is 14.2. The number of nitrogens with one attached hydrogen (secondary N) is 2. The lowest BCUT2D eigenvalue weighted by molar-refractivity contribution is 0.115. The number of hydrogen-bond acceptors (Lipinski definition) is 5. The maximum atomic E-state index is 6.29. The first-order chi connectivity index (χ1) is 11.8. The van der Waals surface area contributed by atoms with Crippen LogP contribution in [0.1, 0.15) is 37.5 Å². The third kappa shape index (κ3) is 3.30. The van der Waals surface area contributed by atoms with Crippen molar-refractivity contribution in [3.05, 3.63) is 30.1 Å². The van der Waals surface area contributed by atoms with E-state index in [0.717, 1.165) is 61.9 Å². The predicted octanol–water partition coefficient (Wildman–Crippen LogP) is 2.37. The van der Waals surface area contributed by atoms with Crippen LogP contribution in [0.25, 0.3) is 11.4 Å². The molecule has 2 aliphatic heterocycles. The summed E-state index contributed by atoms with van der Waals surface area (Å²) in [6, 6.07) is 8.39. The van der Waals surface area contributed by atoms with E-state index >= 15 is 0 Å². The number of benzene rings is 1. The van der Waals surface area contributed by atoms with Gasteiger partial charge in [-0.15, -0.1) is 0 Å². The number of H-pyrrole nitrogens is 1. The molecule has 0 bridgehead atoms. The fraction of sp³-hybridized carbons (Fsp3) is 0.556. The van der Waals surface area contributed by atoms with E-state index in [4.69, 9.17) is 9.72 Å². The third-order valence-corrected chi connectivity index (χ3v) is 4.98. The molecular formula is C18H25N5O. The number of aromatic amines is 1. The number of likely N-dealkylation sites (tertiary alicyclic amines) is 1. The highest BCUT2D eigenvalue weighted by atomic mass is 16.5. The molecule has 0 radical (unpaired) electrons. The molecule has 6 nitrogen and oxygen atoms in total. The van der Waals surface area contributed by atoms with Crippen molar-refractivity contribution in [1.82, 2.24) is 25.4 Å². The number of hydrogen-bond donors (Lipinski definition) is 2. The van der Waals surface area contributed by atoms with E-state index < -0.39 is 0 Å². The van der Waals surface area contributed by atoms with Gasteiger partial charge in [0.15, 0.2) is 5.82 Å². The summed E-state index contributed by atoms with van der Waals surface area (Å²) in [6.07, 6.45) is 4.71. The summed E-state index contributed by atoms with van der Waals surface area (Å²) in [6.45, 7) is 3.23. The van der Waals surface area contributed by atoms with Crippen LogP contribution < -0.4 is 10.1 Å². The van der Waals surface area contributed by atoms with Crippen molar-refractivity contribution in [1.29, 1.82) is 0 Å². The van der Waals surface area contributed by atoms with Crippen molar-refractivity contribution < 1.29 is 4.74 Å². The first-order valence-electron chi connectivity index (χ1n) is 8.90. The fourth-order valence-electron chi connectivity index (χ4n) is 3.50. The summed E-state index contributed by atoms with van der Waals surface area (Å²) in [5.74, 6) is 2.54. The Labute approximate surface area is 142 Å². The lowest BCUT2D eigenvalue weighted by Gasteiger charge is -2.29. The molecule has 1 aromatic heterocycles. The van der Waals surface area contributed by atoms with Gasteiger partial charge >= 0.3 is 0 Å². The quantitative estimate of drug-likeness (QED) is 0.902. The molecule has 0 amide bonds. The number of piperidine rings is 1. The van der Waals surface area contributed by atoms with Crippen LogP contribution in [0.5, 0.6) is 5.75 Å². The molecule has 0 aliphatic carbocycles. The summed E-state index contributed by atoms with van der Waals surface area (Å²) in [5.41, 5.74) is 0.969. The fourth-order valence-corrected chi connectivity index (χ4v) is 3.50. The van der Waals surface area contributed by atoms with E-state index in [1.54, 1.807) is 0 Å². The van der Waals surface area contributed by atoms with Crippen LogP contribution in [0, 0.1) is 0 Å². The molecule has 2 saturated heterocycles. The summed E-state index contributed by atoms with van der Waals surface area (Å²) in [4.78, 5) is 7.06. The largest absolute Gasteiger partial charge is 0.490 e. The second-order valence-corrected chi connectivity index (χ2v) is 6.81. The Morgan fingerprint density at radius 2 is 2.00 bits per heavy atom. The smallest absolute Gasteiger partial charge is 0.184 e. The number of rotatable bonds is 4. The van der Waals surface area contributed by atoms with Gasteiger partial charge in [-0.3, -0.25) is 5.10 Å². The Hall–Kier alpha value is -1.92. The Morgan fingerprint density at radius 3 is 2.79 bits per heavy atom. The first kappa shape index (κ1) is 15.6. The van der Waals surface area contributed by atoms with Gasteiger partial charge in [0.25, 0.3) is 0 Å². The summed E-state index contributed by atoms with van der Waals surface area (Å²) in [5, 5.41) is 11.0. The van der Waals surface area contributed by atoms with Crippen LogP contribution in [0.3, 0.4) is 0 Å². The van der Waals surface area contributed by atoms with E-state index in [9.17, 15) is 0 Å². The summed E-state index contributed by atoms with van der Waals surface area (Å²) < 4.78 is 6.29. The highest BCUT2D eigenvalue weighted by molar-refractivity contribution is 5.63. The Morgan fingerprint density at radius 1 is 1.17 bits per heavy atom. The topological polar surface area (TPSA) is 66.1 Å². The molecule has 2 aliphatic rings. The Bertz CT molecular complexity index is 672. The van der Waals surface area contributed by atoms with Crippen LogP contribution in [0.4, 0.5) is 0 Å². The average Bonchev–Trinajstić information content (AvgIpc) is 3.28. The molecule has 1 aromatic carbocycles. The molecule has 24 heavy (non-hydrogen) atoms. The molecule has 6 heteroatoms. The van der Waals surface area contributed by atoms with E-state index in [0.29, 0.717) is 6.04 Å². The monoisotopic (exact) mass is 327 g/mol. The second kappa shape index (κ2) is 6.91. The second-order valence-electron chi connectivity index (χ2n) is 6.81. The van der Waals surface area contributed by atoms with Crippen molar-refractivity contribution in [3.63, 3.8) is 0 Å². The maximum absolute atomic E-state index is 6.29. The number of para-hydroxylation sites is 1. The van der Waals surface area contributed by atoms with E-state index in [1.807, 2.05) is 24.3 Å². The number of ether oxygens (including phenoxy) is 1. The third-order valence-electron chi connectivity index (χ3n) is 4.98. The Balaban J connectivity index is 1.53. The molecule has 4 rings (SSSR count). The summed E-state index contributed by atoms with van der Waals surface area (Å²) >= 11 is 0. The average molecular weight is 327 g/mol. The zero-order chi connectivity index (χ0) is 16.4. The minimum Gasteiger partial charge on any atom is -0.490 e. The van der Waals surface area contributed by atoms with Gasteiger partial charge < -0.3 is 15.0 Å². The minimum absolute atomic E-state index is 0.275. The van der Waals surface area contributed by atoms with Crippen molar-refractivity contribution in [2.45, 2.75) is 37.8 Å². The van der Waals surface area contributed by atoms with Gasteiger partial charge in [0.1, 0.15) is 17.7 Å². The molecule has 0 saturated carbocycles. The molecular weight excluding hydrogens is 302 g/mol. The van der Waals surface area contributed by atoms with Crippen molar-refractivity contribution in [2.24, 2.45) is 0 Å². The molecule has 0 spiro atoms. The lowest BCUT2D eigenvalue weighted by Crippen LogP contribution is -2.35. The number of nitrogens with zero attached hydrogens (tertiary/aromatic N) is 3. The normalized spacial score (nSPS) is 22.8. The molecule has 1 unspecified atom stereocenters.